The number of carbonyl (C=O) groups excluding carboxylic acids is 2. The molecule has 186 valence electrons. The number of aromatic nitrogens is 1. The van der Waals surface area contributed by atoms with Gasteiger partial charge in [0.1, 0.15) is 6.42 Å². The van der Waals surface area contributed by atoms with E-state index < -0.39 is 28.3 Å². The van der Waals surface area contributed by atoms with Gasteiger partial charge in [0.2, 0.25) is 21.8 Å². The van der Waals surface area contributed by atoms with E-state index in [1.54, 1.807) is 42.5 Å². The Morgan fingerprint density at radius 2 is 1.63 bits per heavy atom. The lowest BCUT2D eigenvalue weighted by Crippen LogP contribution is -2.22. The molecule has 2 aromatic carbocycles. The molecule has 35 heavy (non-hydrogen) atoms. The Kier molecular flexibility index (Phi) is 9.09. The molecule has 0 aliphatic heterocycles. The van der Waals surface area contributed by atoms with Crippen molar-refractivity contribution in [3.63, 3.8) is 0 Å². The van der Waals surface area contributed by atoms with E-state index in [4.69, 9.17) is 9.47 Å². The van der Waals surface area contributed by atoms with Gasteiger partial charge in [-0.15, -0.1) is 11.8 Å². The van der Waals surface area contributed by atoms with E-state index in [0.29, 0.717) is 28.6 Å². The summed E-state index contributed by atoms with van der Waals surface area (Å²) in [5, 5.41) is 5.55. The largest absolute Gasteiger partial charge is 0.493 e. The lowest BCUT2D eigenvalue weighted by molar-refractivity contribution is -0.123. The molecule has 0 aliphatic rings. The average molecular weight is 537 g/mol. The van der Waals surface area contributed by atoms with Crippen molar-refractivity contribution in [3.05, 3.63) is 54.2 Å². The Bertz CT molecular complexity index is 1310. The van der Waals surface area contributed by atoms with Gasteiger partial charge in [0.15, 0.2) is 22.4 Å². The molecule has 0 fully saturated rings. The molecule has 0 spiro atoms. The molecule has 0 saturated carbocycles. The molecule has 3 rings (SSSR count). The highest BCUT2D eigenvalue weighted by atomic mass is 32.2. The summed E-state index contributed by atoms with van der Waals surface area (Å²) >= 11 is 2.58. The van der Waals surface area contributed by atoms with E-state index in [2.05, 4.69) is 20.3 Å². The highest BCUT2D eigenvalue weighted by Gasteiger charge is 2.17. The minimum absolute atomic E-state index is 0.00481. The third-order valence-corrected chi connectivity index (χ3v) is 7.20. The second kappa shape index (κ2) is 12.0. The summed E-state index contributed by atoms with van der Waals surface area (Å²) in [6, 6.07) is 13.9. The number of para-hydroxylation sites is 4. The smallest absolute Gasteiger partial charge is 0.235 e. The number of nitrogens with zero attached hydrogens (tertiary/aromatic N) is 1. The second-order valence-corrected chi connectivity index (χ2v) is 11.0. The van der Waals surface area contributed by atoms with Crippen LogP contribution in [0.25, 0.3) is 0 Å². The number of nitrogens with one attached hydrogen (secondary N) is 3. The van der Waals surface area contributed by atoms with Crippen LogP contribution in [-0.2, 0) is 26.2 Å². The summed E-state index contributed by atoms with van der Waals surface area (Å²) in [4.78, 5) is 29.2. The first-order chi connectivity index (χ1) is 16.7. The Labute approximate surface area is 211 Å². The quantitative estimate of drug-likeness (QED) is 0.249. The molecule has 0 radical (unpaired) electrons. The van der Waals surface area contributed by atoms with Crippen molar-refractivity contribution in [2.24, 2.45) is 0 Å². The van der Waals surface area contributed by atoms with E-state index in [0.717, 1.165) is 10.5 Å². The number of sulfonamides is 1. The standard InChI is InChI=1S/C22H24N4O6S3/c1-31-17-10-6-7-11-18(17)32-16-9-5-4-8-14(16)24-19(27)12-20(28)26-22-25-15(21(33-2)34-22)13-23-35(3,29)30/h4-11,23H,12-13H2,1-3H3,(H,24,27)(H,25,26,28). The maximum atomic E-state index is 12.5. The Morgan fingerprint density at radius 1 is 1.00 bits per heavy atom. The fraction of sp³-hybridized carbons (Fsp3) is 0.227. The van der Waals surface area contributed by atoms with E-state index in [-0.39, 0.29) is 11.7 Å². The van der Waals surface area contributed by atoms with Gasteiger partial charge in [0.25, 0.3) is 0 Å². The normalized spacial score (nSPS) is 11.1. The molecule has 3 N–H and O–H groups in total. The van der Waals surface area contributed by atoms with Crippen molar-refractivity contribution in [1.29, 1.82) is 0 Å². The van der Waals surface area contributed by atoms with Crippen molar-refractivity contribution in [3.8, 4) is 17.2 Å². The first-order valence-electron chi connectivity index (χ1n) is 10.2. The lowest BCUT2D eigenvalue weighted by Gasteiger charge is -2.14. The molecule has 0 bridgehead atoms. The van der Waals surface area contributed by atoms with Gasteiger partial charge in [-0.2, -0.15) is 0 Å². The third kappa shape index (κ3) is 7.96. The van der Waals surface area contributed by atoms with Crippen LogP contribution < -0.4 is 24.8 Å². The van der Waals surface area contributed by atoms with Crippen LogP contribution in [0.3, 0.4) is 0 Å². The zero-order valence-corrected chi connectivity index (χ0v) is 21.6. The molecule has 1 heterocycles. The summed E-state index contributed by atoms with van der Waals surface area (Å²) < 4.78 is 37.0. The second-order valence-electron chi connectivity index (χ2n) is 7.07. The van der Waals surface area contributed by atoms with Crippen LogP contribution in [0.15, 0.2) is 52.7 Å². The van der Waals surface area contributed by atoms with Crippen LogP contribution in [0.5, 0.6) is 17.2 Å². The lowest BCUT2D eigenvalue weighted by atomic mass is 10.2. The van der Waals surface area contributed by atoms with E-state index in [1.807, 2.05) is 12.3 Å². The summed E-state index contributed by atoms with van der Waals surface area (Å²) in [5.74, 6) is 0.295. The molecule has 0 atom stereocenters. The van der Waals surface area contributed by atoms with Crippen LogP contribution in [0.4, 0.5) is 10.8 Å². The molecule has 0 aliphatic carbocycles. The Balaban J connectivity index is 1.62. The van der Waals surface area contributed by atoms with Crippen LogP contribution >= 0.6 is 23.1 Å². The minimum Gasteiger partial charge on any atom is -0.493 e. The summed E-state index contributed by atoms with van der Waals surface area (Å²) in [7, 11) is -1.85. The van der Waals surface area contributed by atoms with E-state index in [9.17, 15) is 18.0 Å². The van der Waals surface area contributed by atoms with Gasteiger partial charge in [0.05, 0.1) is 35.5 Å². The van der Waals surface area contributed by atoms with Gasteiger partial charge in [-0.05, 0) is 30.5 Å². The number of anilines is 2. The van der Waals surface area contributed by atoms with E-state index >= 15 is 0 Å². The van der Waals surface area contributed by atoms with Crippen molar-refractivity contribution in [2.75, 3.05) is 30.3 Å². The van der Waals surface area contributed by atoms with Gasteiger partial charge in [-0.1, -0.05) is 35.6 Å². The number of hydrogen-bond donors (Lipinski definition) is 3. The zero-order valence-electron chi connectivity index (χ0n) is 19.2. The molecule has 0 saturated heterocycles. The van der Waals surface area contributed by atoms with Gasteiger partial charge in [-0.25, -0.2) is 18.1 Å². The first-order valence-corrected chi connectivity index (χ1v) is 14.1. The molecule has 1 aromatic heterocycles. The Hall–Kier alpha value is -3.13. The summed E-state index contributed by atoms with van der Waals surface area (Å²) in [5.41, 5.74) is 0.888. The molecule has 13 heteroatoms. The maximum absolute atomic E-state index is 12.5. The van der Waals surface area contributed by atoms with Gasteiger partial charge in [0, 0.05) is 0 Å². The summed E-state index contributed by atoms with van der Waals surface area (Å²) in [6.45, 7) is 0.00481. The highest BCUT2D eigenvalue weighted by molar-refractivity contribution is 8.00. The highest BCUT2D eigenvalue weighted by Crippen LogP contribution is 2.35. The fourth-order valence-electron chi connectivity index (χ4n) is 2.85. The molecular formula is C22H24N4O6S3. The van der Waals surface area contributed by atoms with Crippen LogP contribution in [0, 0.1) is 0 Å². The van der Waals surface area contributed by atoms with Crippen molar-refractivity contribution in [2.45, 2.75) is 17.2 Å². The molecule has 0 unspecified atom stereocenters. The van der Waals surface area contributed by atoms with Crippen LogP contribution in [-0.4, -0.2) is 44.8 Å². The van der Waals surface area contributed by atoms with Gasteiger partial charge < -0.3 is 20.1 Å². The predicted molar refractivity (Wildman–Crippen MR) is 137 cm³/mol. The number of carbonyl (C=O) groups is 2. The SMILES string of the molecule is COc1ccccc1Oc1ccccc1NC(=O)CC(=O)Nc1nc(CNS(C)(=O)=O)c(SC)s1. The number of methoxy groups -OCH3 is 1. The van der Waals surface area contributed by atoms with E-state index in [1.165, 1.54) is 30.2 Å². The number of thioether (sulfide) groups is 1. The first kappa shape index (κ1) is 26.5. The minimum atomic E-state index is -3.39. The zero-order chi connectivity index (χ0) is 25.4. The van der Waals surface area contributed by atoms with Crippen molar-refractivity contribution < 1.29 is 27.5 Å². The summed E-state index contributed by atoms with van der Waals surface area (Å²) in [6.07, 6.45) is 2.42. The topological polar surface area (TPSA) is 136 Å². The predicted octanol–water partition coefficient (Wildman–Crippen LogP) is 3.68. The average Bonchev–Trinajstić information content (AvgIpc) is 3.20. The monoisotopic (exact) mass is 536 g/mol. The number of amides is 2. The van der Waals surface area contributed by atoms with Crippen molar-refractivity contribution in [1.82, 2.24) is 9.71 Å². The number of ether oxygens (including phenoxy) is 2. The number of hydrogen-bond acceptors (Lipinski definition) is 9. The van der Waals surface area contributed by atoms with Crippen molar-refractivity contribution >= 4 is 55.8 Å². The van der Waals surface area contributed by atoms with Gasteiger partial charge in [-0.3, -0.25) is 9.59 Å². The van der Waals surface area contributed by atoms with Crippen LogP contribution in [0.2, 0.25) is 0 Å². The Morgan fingerprint density at radius 3 is 2.29 bits per heavy atom. The molecule has 3 aromatic rings. The number of rotatable bonds is 11. The number of benzene rings is 2. The third-order valence-electron chi connectivity index (χ3n) is 4.37. The van der Waals surface area contributed by atoms with Gasteiger partial charge >= 0.3 is 0 Å². The fourth-order valence-corrected chi connectivity index (χ4v) is 4.90. The molecule has 2 amide bonds. The molecular weight excluding hydrogens is 512 g/mol. The van der Waals surface area contributed by atoms with Crippen LogP contribution in [0.1, 0.15) is 12.1 Å². The maximum Gasteiger partial charge on any atom is 0.235 e. The molecule has 10 nitrogen and oxygen atoms in total. The number of thiazole rings is 1.